The van der Waals surface area contributed by atoms with Crippen molar-refractivity contribution in [2.75, 3.05) is 11.8 Å². The smallest absolute Gasteiger partial charge is 0.371 e. The lowest BCUT2D eigenvalue weighted by Gasteiger charge is -2.13. The highest BCUT2D eigenvalue weighted by Crippen LogP contribution is 2.34. The zero-order chi connectivity index (χ0) is 19.6. The number of nitrogens with one attached hydrogen (secondary N) is 1. The Kier molecular flexibility index (Phi) is 4.87. The van der Waals surface area contributed by atoms with Gasteiger partial charge >= 0.3 is 5.97 Å². The Hall–Kier alpha value is -3.33. The number of benzene rings is 2. The van der Waals surface area contributed by atoms with E-state index in [9.17, 15) is 17.6 Å². The molecule has 2 aromatic carbocycles. The van der Waals surface area contributed by atoms with Gasteiger partial charge in [-0.2, -0.15) is 0 Å². The molecule has 0 aliphatic carbocycles. The quantitative estimate of drug-likeness (QED) is 0.665. The average molecular weight is 391 g/mol. The molecular weight excluding hydrogens is 377 g/mol. The number of anilines is 1. The second-order valence-corrected chi connectivity index (χ2v) is 7.12. The Morgan fingerprint density at radius 1 is 1.11 bits per heavy atom. The summed E-state index contributed by atoms with van der Waals surface area (Å²) in [7, 11) is -2.61. The highest BCUT2D eigenvalue weighted by molar-refractivity contribution is 7.92. The maximum atomic E-state index is 13.1. The molecule has 2 N–H and O–H groups in total. The van der Waals surface area contributed by atoms with Crippen molar-refractivity contribution >= 4 is 21.7 Å². The highest BCUT2D eigenvalue weighted by Gasteiger charge is 2.20. The van der Waals surface area contributed by atoms with Crippen LogP contribution in [0.3, 0.4) is 0 Å². The predicted molar refractivity (Wildman–Crippen MR) is 94.9 cm³/mol. The molecule has 0 unspecified atom stereocenters. The van der Waals surface area contributed by atoms with Crippen LogP contribution in [-0.4, -0.2) is 26.6 Å². The number of rotatable bonds is 6. The number of carbonyl (C=O) groups is 1. The molecular formula is C18H14FNO6S. The fraction of sp³-hybridized carbons (Fsp3) is 0.0556. The normalized spacial score (nSPS) is 11.2. The molecule has 27 heavy (non-hydrogen) atoms. The molecule has 1 heterocycles. The van der Waals surface area contributed by atoms with E-state index in [0.29, 0.717) is 11.3 Å². The van der Waals surface area contributed by atoms with E-state index in [2.05, 4.69) is 4.72 Å². The number of methoxy groups -OCH3 is 1. The van der Waals surface area contributed by atoms with Gasteiger partial charge in [-0.1, -0.05) is 0 Å². The van der Waals surface area contributed by atoms with Gasteiger partial charge in [0.1, 0.15) is 17.3 Å². The molecule has 0 bridgehead atoms. The van der Waals surface area contributed by atoms with E-state index in [1.165, 1.54) is 31.4 Å². The molecule has 140 valence electrons. The largest absolute Gasteiger partial charge is 0.497 e. The monoisotopic (exact) mass is 391 g/mol. The molecule has 0 aliphatic heterocycles. The molecule has 0 fully saturated rings. The van der Waals surface area contributed by atoms with Crippen LogP contribution in [0.15, 0.2) is 63.9 Å². The maximum Gasteiger partial charge on any atom is 0.371 e. The van der Waals surface area contributed by atoms with Gasteiger partial charge < -0.3 is 14.3 Å². The van der Waals surface area contributed by atoms with Gasteiger partial charge in [0.15, 0.2) is 0 Å². The van der Waals surface area contributed by atoms with Crippen LogP contribution in [0.25, 0.3) is 11.3 Å². The molecule has 0 atom stereocenters. The van der Waals surface area contributed by atoms with Crippen LogP contribution in [0.2, 0.25) is 0 Å². The first kappa shape index (κ1) is 18.5. The Labute approximate surface area is 154 Å². The summed E-state index contributed by atoms with van der Waals surface area (Å²) < 4.78 is 51.1. The van der Waals surface area contributed by atoms with Crippen LogP contribution >= 0.6 is 0 Å². The molecule has 0 aliphatic rings. The van der Waals surface area contributed by atoms with E-state index in [4.69, 9.17) is 14.3 Å². The van der Waals surface area contributed by atoms with E-state index >= 15 is 0 Å². The summed E-state index contributed by atoms with van der Waals surface area (Å²) in [5, 5.41) is 9.00. The van der Waals surface area contributed by atoms with Crippen molar-refractivity contribution in [1.82, 2.24) is 0 Å². The van der Waals surface area contributed by atoms with Crippen LogP contribution in [0.1, 0.15) is 10.6 Å². The van der Waals surface area contributed by atoms with Crippen molar-refractivity contribution < 1.29 is 31.9 Å². The van der Waals surface area contributed by atoms with Crippen LogP contribution < -0.4 is 9.46 Å². The zero-order valence-electron chi connectivity index (χ0n) is 14.0. The summed E-state index contributed by atoms with van der Waals surface area (Å²) in [4.78, 5) is 10.9. The second kappa shape index (κ2) is 7.12. The third kappa shape index (κ3) is 3.93. The minimum Gasteiger partial charge on any atom is -0.497 e. The Morgan fingerprint density at radius 3 is 2.41 bits per heavy atom. The van der Waals surface area contributed by atoms with E-state index in [0.717, 1.165) is 24.3 Å². The maximum absolute atomic E-state index is 13.1. The summed E-state index contributed by atoms with van der Waals surface area (Å²) in [6, 6.07) is 11.6. The molecule has 0 radical (unpaired) electrons. The van der Waals surface area contributed by atoms with Crippen LogP contribution in [0.4, 0.5) is 10.1 Å². The predicted octanol–water partition coefficient (Wildman–Crippen LogP) is 3.59. The van der Waals surface area contributed by atoms with Gasteiger partial charge in [0, 0.05) is 11.6 Å². The minimum atomic E-state index is -4.03. The zero-order valence-corrected chi connectivity index (χ0v) is 14.8. The summed E-state index contributed by atoms with van der Waals surface area (Å²) in [6.07, 6.45) is 0. The average Bonchev–Trinajstić information content (AvgIpc) is 3.12. The molecule has 9 heteroatoms. The highest BCUT2D eigenvalue weighted by atomic mass is 32.2. The Balaban J connectivity index is 2.05. The first-order valence-electron chi connectivity index (χ1n) is 7.60. The number of ether oxygens (including phenoxy) is 1. The molecule has 0 saturated carbocycles. The second-order valence-electron chi connectivity index (χ2n) is 5.44. The van der Waals surface area contributed by atoms with E-state index in [1.807, 2.05) is 0 Å². The molecule has 7 nitrogen and oxygen atoms in total. The molecule has 3 rings (SSSR count). The Bertz CT molecular complexity index is 1090. The number of hydrogen-bond donors (Lipinski definition) is 2. The topological polar surface area (TPSA) is 106 Å². The number of halogens is 1. The first-order chi connectivity index (χ1) is 12.8. The molecule has 0 amide bonds. The summed E-state index contributed by atoms with van der Waals surface area (Å²) in [5.41, 5.74) is 0.430. The third-order valence-corrected chi connectivity index (χ3v) is 5.06. The van der Waals surface area contributed by atoms with Crippen LogP contribution in [-0.2, 0) is 10.0 Å². The van der Waals surface area contributed by atoms with Gasteiger partial charge in [-0.3, -0.25) is 4.72 Å². The van der Waals surface area contributed by atoms with Crippen LogP contribution in [0.5, 0.6) is 5.75 Å². The summed E-state index contributed by atoms with van der Waals surface area (Å²) in [5.74, 6) is -1.56. The summed E-state index contributed by atoms with van der Waals surface area (Å²) in [6.45, 7) is 0. The summed E-state index contributed by atoms with van der Waals surface area (Å²) >= 11 is 0. The molecule has 0 spiro atoms. The van der Waals surface area contributed by atoms with E-state index in [-0.39, 0.29) is 22.1 Å². The van der Waals surface area contributed by atoms with Crippen molar-refractivity contribution in [3.63, 3.8) is 0 Å². The van der Waals surface area contributed by atoms with Crippen LogP contribution in [0, 0.1) is 5.82 Å². The van der Waals surface area contributed by atoms with Crippen molar-refractivity contribution in [3.05, 3.63) is 66.2 Å². The SMILES string of the molecule is COc1ccc(-c2ccc(C(=O)O)o2)c(NS(=O)(=O)c2ccc(F)cc2)c1. The Morgan fingerprint density at radius 2 is 1.81 bits per heavy atom. The van der Waals surface area contributed by atoms with Gasteiger partial charge in [0.2, 0.25) is 5.76 Å². The lowest BCUT2D eigenvalue weighted by atomic mass is 10.1. The minimum absolute atomic E-state index is 0.116. The number of aromatic carboxylic acids is 1. The van der Waals surface area contributed by atoms with Gasteiger partial charge in [0.25, 0.3) is 10.0 Å². The fourth-order valence-electron chi connectivity index (χ4n) is 2.36. The van der Waals surface area contributed by atoms with Crippen molar-refractivity contribution in [1.29, 1.82) is 0 Å². The fourth-order valence-corrected chi connectivity index (χ4v) is 3.44. The van der Waals surface area contributed by atoms with Crippen molar-refractivity contribution in [2.45, 2.75) is 4.90 Å². The molecule has 0 saturated heterocycles. The van der Waals surface area contributed by atoms with Gasteiger partial charge in [-0.05, 0) is 48.5 Å². The number of sulfonamides is 1. The first-order valence-corrected chi connectivity index (χ1v) is 9.08. The van der Waals surface area contributed by atoms with Gasteiger partial charge in [-0.15, -0.1) is 0 Å². The number of carboxylic acid groups (broad SMARTS) is 1. The standard InChI is InChI=1S/C18H14FNO6S/c1-25-12-4-7-14(16-8-9-17(26-16)18(21)22)15(10-12)20-27(23,24)13-5-2-11(19)3-6-13/h2-10,20H,1H3,(H,21,22). The molecule has 3 aromatic rings. The lowest BCUT2D eigenvalue weighted by molar-refractivity contribution is 0.0663. The van der Waals surface area contributed by atoms with Gasteiger partial charge in [0.05, 0.1) is 17.7 Å². The number of carboxylic acids is 1. The molecule has 1 aromatic heterocycles. The lowest BCUT2D eigenvalue weighted by Crippen LogP contribution is -2.13. The van der Waals surface area contributed by atoms with E-state index in [1.54, 1.807) is 6.07 Å². The number of hydrogen-bond acceptors (Lipinski definition) is 5. The van der Waals surface area contributed by atoms with Crippen molar-refractivity contribution in [3.8, 4) is 17.1 Å². The van der Waals surface area contributed by atoms with E-state index < -0.39 is 21.8 Å². The number of furan rings is 1. The van der Waals surface area contributed by atoms with Crippen molar-refractivity contribution in [2.24, 2.45) is 0 Å². The third-order valence-electron chi connectivity index (χ3n) is 3.68. The van der Waals surface area contributed by atoms with Gasteiger partial charge in [-0.25, -0.2) is 17.6 Å².